The number of para-hydroxylation sites is 18. The van der Waals surface area contributed by atoms with Crippen molar-refractivity contribution in [2.45, 2.75) is 0 Å². The van der Waals surface area contributed by atoms with Gasteiger partial charge in [-0.1, -0.05) is 194 Å². The van der Waals surface area contributed by atoms with Crippen LogP contribution in [-0.4, -0.2) is 61.9 Å². The number of nitrogens with zero attached hydrogens (tertiary/aromatic N) is 13. The molecular weight excluding hydrogens is 1480 g/mol. The lowest BCUT2D eigenvalue weighted by Gasteiger charge is -2.16. The van der Waals surface area contributed by atoms with E-state index in [9.17, 15) is 0 Å². The summed E-state index contributed by atoms with van der Waals surface area (Å²) < 4.78 is 16.2. The molecule has 0 saturated carbocycles. The summed E-state index contributed by atoms with van der Waals surface area (Å²) in [7, 11) is 0. The average Bonchev–Trinajstić information content (AvgIpc) is 1.57. The minimum Gasteiger partial charge on any atom is -0.309 e. The van der Waals surface area contributed by atoms with Gasteiger partial charge in [0.05, 0.1) is 77.2 Å². The van der Waals surface area contributed by atoms with E-state index in [1.165, 1.54) is 0 Å². The maximum absolute atomic E-state index is 5.61. The molecule has 0 N–H and O–H groups in total. The fourth-order valence-corrected chi connectivity index (χ4v) is 18.1. The minimum absolute atomic E-state index is 0.790. The van der Waals surface area contributed by atoms with Gasteiger partial charge in [-0.25, -0.2) is 29.9 Å². The van der Waals surface area contributed by atoms with Crippen LogP contribution in [0.5, 0.6) is 0 Å². The molecule has 0 saturated heterocycles. The largest absolute Gasteiger partial charge is 0.309 e. The number of hydrogen-bond acceptors (Lipinski definition) is 6. The Morgan fingerprint density at radius 2 is 0.314 bits per heavy atom. The van der Waals surface area contributed by atoms with Crippen molar-refractivity contribution in [2.24, 2.45) is 0 Å². The Morgan fingerprint density at radius 1 is 0.124 bits per heavy atom. The van der Waals surface area contributed by atoms with Crippen LogP contribution < -0.4 is 0 Å². The van der Waals surface area contributed by atoms with Crippen LogP contribution in [0.4, 0.5) is 0 Å². The summed E-state index contributed by atoms with van der Waals surface area (Å²) in [6, 6.07) is 149. The molecule has 7 aromatic heterocycles. The van der Waals surface area contributed by atoms with E-state index in [-0.39, 0.29) is 0 Å². The summed E-state index contributed by atoms with van der Waals surface area (Å²) in [5.41, 5.74) is 29.7. The fraction of sp³-hybridized carbons (Fsp3) is 0. The van der Waals surface area contributed by atoms with Gasteiger partial charge in [-0.05, 0) is 247 Å². The van der Waals surface area contributed by atoms with Gasteiger partial charge < -0.3 is 4.57 Å². The first-order valence-corrected chi connectivity index (χ1v) is 40.7. The predicted molar refractivity (Wildman–Crippen MR) is 492 cm³/mol. The van der Waals surface area contributed by atoms with E-state index in [0.29, 0.717) is 0 Å². The highest BCUT2D eigenvalue weighted by Gasteiger charge is 2.28. The summed E-state index contributed by atoms with van der Waals surface area (Å²) in [6.45, 7) is 0. The third-order valence-electron chi connectivity index (χ3n) is 23.5. The Balaban J connectivity index is 0.799. The van der Waals surface area contributed by atoms with E-state index in [1.807, 2.05) is 0 Å². The normalized spacial score (nSPS) is 11.8. The van der Waals surface area contributed by atoms with Gasteiger partial charge in [-0.2, -0.15) is 0 Å². The fourth-order valence-electron chi connectivity index (χ4n) is 18.1. The maximum atomic E-state index is 5.61. The maximum Gasteiger partial charge on any atom is 0.145 e. The highest BCUT2D eigenvalue weighted by molar-refractivity contribution is 6.12. The quantitative estimate of drug-likeness (QED) is 0.101. The SMILES string of the molecule is c1ccc(-n2c(-c3cc(-c4ccc5c(c4)c4cc(-c6cc(-c7nc8ccccc8n7-c7ccccc7)cc(-c7nc8ccccc8n7-c7ccccc7)c6)ccc4n5-c4cc(-c5nc6ccccc6n5-c5ccccc5)cc(-c5nc6ccccc6n5-c5ccccc5)c4)cc(-c4nc5ccccc5n4-c4ccccc4)c3)nc3ccccc32)cc1. The molecule has 0 aliphatic rings. The van der Waals surface area contributed by atoms with E-state index < -0.39 is 0 Å². The summed E-state index contributed by atoms with van der Waals surface area (Å²) in [5, 5.41) is 2.06. The van der Waals surface area contributed by atoms with Crippen LogP contribution in [0.2, 0.25) is 0 Å². The zero-order valence-corrected chi connectivity index (χ0v) is 65.2. The van der Waals surface area contributed by atoms with E-state index in [2.05, 4.69) is 451 Å². The number of fused-ring (bicyclic) bond motifs is 9. The van der Waals surface area contributed by atoms with Crippen molar-refractivity contribution in [3.63, 3.8) is 0 Å². The van der Waals surface area contributed by atoms with Crippen molar-refractivity contribution in [1.29, 1.82) is 0 Å². The molecule has 566 valence electrons. The first kappa shape index (κ1) is 68.7. The molecular formula is C108H69N13. The lowest BCUT2D eigenvalue weighted by atomic mass is 9.96. The molecule has 24 aromatic rings. The molecule has 0 aliphatic heterocycles. The van der Waals surface area contributed by atoms with Crippen molar-refractivity contribution in [3.8, 4) is 130 Å². The predicted octanol–water partition coefficient (Wildman–Crippen LogP) is 26.2. The number of hydrogen-bond donors (Lipinski definition) is 0. The third kappa shape index (κ3) is 11.5. The molecule has 0 spiro atoms. The van der Waals surface area contributed by atoms with Crippen LogP contribution in [0.3, 0.4) is 0 Å². The van der Waals surface area contributed by atoms with Gasteiger partial charge in [0.15, 0.2) is 0 Å². The zero-order chi connectivity index (χ0) is 79.6. The highest BCUT2D eigenvalue weighted by Crippen LogP contribution is 2.46. The van der Waals surface area contributed by atoms with Gasteiger partial charge in [-0.3, -0.25) is 27.4 Å². The standard InChI is InChI=1S/C108H69N13/c1-7-31-80(32-8-1)116-97-49-25-19-43-89(97)109-103(116)74-59-72(60-75(63-74)104-110-90-44-20-26-50-98(90)117(104)81-33-9-2-10-34-81)70-55-57-95-87(68-70)88-69-71(73-61-76(105-111-91-45-21-27-51-99(91)118(105)82-35-11-3-12-36-82)64-77(62-73)106-112-92-46-22-28-52-100(92)119(106)83-37-13-4-14-38-83)56-58-96(88)115(95)86-66-78(107-113-93-47-23-29-53-101(93)120(107)84-39-15-5-16-40-84)65-79(67-86)108-114-94-48-24-30-54-102(94)121(108)85-41-17-6-18-42-85/h1-69H. The molecule has 0 amide bonds. The summed E-state index contributed by atoms with van der Waals surface area (Å²) in [4.78, 5) is 33.5. The van der Waals surface area contributed by atoms with Crippen LogP contribution in [-0.2, 0) is 0 Å². The Labute approximate surface area is 694 Å². The highest BCUT2D eigenvalue weighted by atomic mass is 15.1. The smallest absolute Gasteiger partial charge is 0.145 e. The van der Waals surface area contributed by atoms with Crippen molar-refractivity contribution >= 4 is 88.0 Å². The van der Waals surface area contributed by atoms with Crippen LogP contribution in [0, 0.1) is 0 Å². The second-order valence-electron chi connectivity index (χ2n) is 30.7. The van der Waals surface area contributed by atoms with E-state index in [1.54, 1.807) is 0 Å². The van der Waals surface area contributed by atoms with E-state index >= 15 is 0 Å². The van der Waals surface area contributed by atoms with Crippen LogP contribution >= 0.6 is 0 Å². The molecule has 0 fully saturated rings. The number of benzene rings is 17. The first-order chi connectivity index (χ1) is 60.0. The Kier molecular flexibility index (Phi) is 16.0. The van der Waals surface area contributed by atoms with E-state index in [4.69, 9.17) is 29.9 Å². The van der Waals surface area contributed by atoms with Gasteiger partial charge in [0.25, 0.3) is 0 Å². The summed E-state index contributed by atoms with van der Waals surface area (Å²) in [5.74, 6) is 4.79. The van der Waals surface area contributed by atoms with Crippen molar-refractivity contribution in [2.75, 3.05) is 0 Å². The first-order valence-electron chi connectivity index (χ1n) is 40.7. The van der Waals surface area contributed by atoms with Crippen LogP contribution in [0.1, 0.15) is 0 Å². The minimum atomic E-state index is 0.790. The second kappa shape index (κ2) is 28.1. The molecule has 7 heterocycles. The van der Waals surface area contributed by atoms with Crippen LogP contribution in [0.25, 0.3) is 218 Å². The average molecular weight is 1550 g/mol. The van der Waals surface area contributed by atoms with Crippen molar-refractivity contribution < 1.29 is 0 Å². The Bertz CT molecular complexity index is 7450. The molecule has 13 heteroatoms. The van der Waals surface area contributed by atoms with Crippen LogP contribution in [0.15, 0.2) is 419 Å². The molecule has 0 unspecified atom stereocenters. The molecule has 0 atom stereocenters. The summed E-state index contributed by atoms with van der Waals surface area (Å²) >= 11 is 0. The van der Waals surface area contributed by atoms with Gasteiger partial charge >= 0.3 is 0 Å². The monoisotopic (exact) mass is 1550 g/mol. The van der Waals surface area contributed by atoms with Crippen molar-refractivity contribution in [1.82, 2.24) is 61.9 Å². The number of rotatable bonds is 15. The third-order valence-corrected chi connectivity index (χ3v) is 23.5. The van der Waals surface area contributed by atoms with Gasteiger partial charge in [0.2, 0.25) is 0 Å². The van der Waals surface area contributed by atoms with Crippen molar-refractivity contribution in [3.05, 3.63) is 419 Å². The molecule has 24 rings (SSSR count). The topological polar surface area (TPSA) is 112 Å². The number of imidazole rings is 6. The molecule has 0 bridgehead atoms. The second-order valence-corrected chi connectivity index (χ2v) is 30.7. The molecule has 121 heavy (non-hydrogen) atoms. The van der Waals surface area contributed by atoms with Gasteiger partial charge in [-0.15, -0.1) is 0 Å². The lowest BCUT2D eigenvalue weighted by Crippen LogP contribution is -2.02. The molecule has 0 aliphatic carbocycles. The van der Waals surface area contributed by atoms with Gasteiger partial charge in [0.1, 0.15) is 34.9 Å². The van der Waals surface area contributed by atoms with E-state index in [0.717, 1.165) is 218 Å². The van der Waals surface area contributed by atoms with Gasteiger partial charge in [0, 0.05) is 84.0 Å². The molecule has 17 aromatic carbocycles. The molecule has 0 radical (unpaired) electrons. The Morgan fingerprint density at radius 3 is 0.537 bits per heavy atom. The summed E-state index contributed by atoms with van der Waals surface area (Å²) in [6.07, 6.45) is 0. The number of aromatic nitrogens is 13. The molecule has 13 nitrogen and oxygen atoms in total. The zero-order valence-electron chi connectivity index (χ0n) is 65.2. The Hall–Kier alpha value is -16.6. The lowest BCUT2D eigenvalue weighted by molar-refractivity contribution is 1.09.